The van der Waals surface area contributed by atoms with Crippen molar-refractivity contribution < 1.29 is 19.0 Å². The Labute approximate surface area is 213 Å². The van der Waals surface area contributed by atoms with Gasteiger partial charge in [0.25, 0.3) is 0 Å². The van der Waals surface area contributed by atoms with Gasteiger partial charge in [0.2, 0.25) is 0 Å². The number of hydrogen-bond donors (Lipinski definition) is 1. The molecule has 4 heteroatoms. The Morgan fingerprint density at radius 1 is 0.944 bits per heavy atom. The molecule has 1 aliphatic carbocycles. The Morgan fingerprint density at radius 3 is 2.31 bits per heavy atom. The molecular formula is C32H35FO3. The van der Waals surface area contributed by atoms with Crippen LogP contribution >= 0.6 is 0 Å². The molecule has 0 amide bonds. The van der Waals surface area contributed by atoms with Gasteiger partial charge in [0, 0.05) is 17.7 Å². The van der Waals surface area contributed by atoms with Gasteiger partial charge < -0.3 is 9.84 Å². The normalized spacial score (nSPS) is 14.0. The molecule has 188 valence electrons. The van der Waals surface area contributed by atoms with E-state index >= 15 is 4.39 Å². The standard InChI is InChI=1S/C32H35FO3/c1-22(2)32(35)36-21-29-19-28(15-14-24(29)9-6-18-34)30-17-16-27(20-31(30)33)26-12-10-25(11-13-26)23-7-4-3-5-8-23/h10-17,19-20,23,34H,1,3-9,18,21H2,2H3. The Hall–Kier alpha value is -3.24. The summed E-state index contributed by atoms with van der Waals surface area (Å²) < 4.78 is 20.7. The van der Waals surface area contributed by atoms with E-state index in [4.69, 9.17) is 4.74 Å². The summed E-state index contributed by atoms with van der Waals surface area (Å²) in [5.41, 5.74) is 6.57. The van der Waals surface area contributed by atoms with E-state index in [0.717, 1.165) is 27.8 Å². The minimum atomic E-state index is -0.460. The van der Waals surface area contributed by atoms with Crippen LogP contribution in [0.4, 0.5) is 4.39 Å². The molecular weight excluding hydrogens is 451 g/mol. The van der Waals surface area contributed by atoms with E-state index < -0.39 is 5.97 Å². The van der Waals surface area contributed by atoms with Crippen LogP contribution in [0.25, 0.3) is 22.3 Å². The maximum Gasteiger partial charge on any atom is 0.333 e. The number of carbonyl (C=O) groups excluding carboxylic acids is 1. The third kappa shape index (κ3) is 6.30. The second kappa shape index (κ2) is 12.1. The quantitative estimate of drug-likeness (QED) is 0.248. The number of halogens is 1. The fourth-order valence-electron chi connectivity index (χ4n) is 5.02. The third-order valence-electron chi connectivity index (χ3n) is 7.12. The molecule has 0 radical (unpaired) electrons. The minimum Gasteiger partial charge on any atom is -0.457 e. The number of hydrogen-bond acceptors (Lipinski definition) is 3. The summed E-state index contributed by atoms with van der Waals surface area (Å²) in [6.45, 7) is 5.37. The van der Waals surface area contributed by atoms with Gasteiger partial charge in [0.1, 0.15) is 12.4 Å². The van der Waals surface area contributed by atoms with Crippen molar-refractivity contribution in [3.63, 3.8) is 0 Å². The van der Waals surface area contributed by atoms with Gasteiger partial charge in [-0.05, 0) is 84.0 Å². The first-order valence-corrected chi connectivity index (χ1v) is 12.9. The second-order valence-electron chi connectivity index (χ2n) is 9.82. The molecule has 0 aromatic heterocycles. The number of aliphatic hydroxyl groups excluding tert-OH is 1. The molecule has 0 saturated heterocycles. The van der Waals surface area contributed by atoms with Gasteiger partial charge in [-0.3, -0.25) is 0 Å². The topological polar surface area (TPSA) is 46.5 Å². The molecule has 0 atom stereocenters. The van der Waals surface area contributed by atoms with Crippen LogP contribution in [0.15, 0.2) is 72.8 Å². The molecule has 0 spiro atoms. The average Bonchev–Trinajstić information content (AvgIpc) is 2.91. The number of esters is 1. The number of aryl methyl sites for hydroxylation is 1. The van der Waals surface area contributed by atoms with E-state index in [-0.39, 0.29) is 19.0 Å². The largest absolute Gasteiger partial charge is 0.457 e. The van der Waals surface area contributed by atoms with Crippen molar-refractivity contribution in [3.8, 4) is 22.3 Å². The lowest BCUT2D eigenvalue weighted by molar-refractivity contribution is -0.140. The van der Waals surface area contributed by atoms with Crippen LogP contribution in [0.1, 0.15) is 68.1 Å². The number of aliphatic hydroxyl groups is 1. The van der Waals surface area contributed by atoms with Crippen molar-refractivity contribution in [1.82, 2.24) is 0 Å². The van der Waals surface area contributed by atoms with E-state index in [1.165, 1.54) is 37.7 Å². The van der Waals surface area contributed by atoms with Crippen molar-refractivity contribution >= 4 is 5.97 Å². The van der Waals surface area contributed by atoms with E-state index in [2.05, 4.69) is 30.8 Å². The smallest absolute Gasteiger partial charge is 0.333 e. The van der Waals surface area contributed by atoms with Crippen LogP contribution in [0.5, 0.6) is 0 Å². The molecule has 1 fully saturated rings. The Morgan fingerprint density at radius 2 is 1.64 bits per heavy atom. The Kier molecular flexibility index (Phi) is 8.71. The summed E-state index contributed by atoms with van der Waals surface area (Å²) in [4.78, 5) is 11.9. The molecule has 1 aliphatic rings. The van der Waals surface area contributed by atoms with Gasteiger partial charge in [-0.2, -0.15) is 0 Å². The molecule has 1 saturated carbocycles. The number of carbonyl (C=O) groups is 1. The molecule has 0 heterocycles. The zero-order valence-corrected chi connectivity index (χ0v) is 21.1. The minimum absolute atomic E-state index is 0.0739. The monoisotopic (exact) mass is 486 g/mol. The van der Waals surface area contributed by atoms with E-state index in [9.17, 15) is 9.90 Å². The van der Waals surface area contributed by atoms with Crippen LogP contribution in [-0.4, -0.2) is 17.7 Å². The molecule has 3 aromatic rings. The van der Waals surface area contributed by atoms with Gasteiger partial charge >= 0.3 is 5.97 Å². The second-order valence-corrected chi connectivity index (χ2v) is 9.82. The van der Waals surface area contributed by atoms with Crippen LogP contribution in [0.2, 0.25) is 0 Å². The molecule has 0 aliphatic heterocycles. The highest BCUT2D eigenvalue weighted by Gasteiger charge is 2.16. The maximum absolute atomic E-state index is 15.3. The Bertz CT molecular complexity index is 1210. The van der Waals surface area contributed by atoms with Crippen molar-refractivity contribution in [2.45, 2.75) is 64.4 Å². The highest BCUT2D eigenvalue weighted by Crippen LogP contribution is 2.34. The van der Waals surface area contributed by atoms with Gasteiger partial charge in [-0.25, -0.2) is 9.18 Å². The molecule has 0 unspecified atom stereocenters. The number of benzene rings is 3. The first-order valence-electron chi connectivity index (χ1n) is 12.9. The van der Waals surface area contributed by atoms with Gasteiger partial charge in [-0.1, -0.05) is 74.4 Å². The van der Waals surface area contributed by atoms with Gasteiger partial charge in [0.15, 0.2) is 0 Å². The molecule has 4 rings (SSSR count). The SMILES string of the molecule is C=C(C)C(=O)OCc1cc(-c2ccc(-c3ccc(C4CCCCC4)cc3)cc2F)ccc1CCCO. The van der Waals surface area contributed by atoms with Gasteiger partial charge in [-0.15, -0.1) is 0 Å². The van der Waals surface area contributed by atoms with Crippen molar-refractivity contribution in [2.24, 2.45) is 0 Å². The maximum atomic E-state index is 15.3. The van der Waals surface area contributed by atoms with Crippen LogP contribution in [0, 0.1) is 5.82 Å². The zero-order valence-electron chi connectivity index (χ0n) is 21.1. The number of rotatable bonds is 9. The summed E-state index contributed by atoms with van der Waals surface area (Å²) in [7, 11) is 0. The average molecular weight is 487 g/mol. The van der Waals surface area contributed by atoms with E-state index in [1.807, 2.05) is 30.3 Å². The van der Waals surface area contributed by atoms with Crippen LogP contribution < -0.4 is 0 Å². The number of ether oxygens (including phenoxy) is 1. The first-order chi connectivity index (χ1) is 17.5. The fourth-order valence-corrected chi connectivity index (χ4v) is 5.02. The van der Waals surface area contributed by atoms with E-state index in [0.29, 0.717) is 29.9 Å². The molecule has 1 N–H and O–H groups in total. The van der Waals surface area contributed by atoms with Crippen LogP contribution in [0.3, 0.4) is 0 Å². The highest BCUT2D eigenvalue weighted by molar-refractivity contribution is 5.87. The lowest BCUT2D eigenvalue weighted by Gasteiger charge is -2.22. The summed E-state index contributed by atoms with van der Waals surface area (Å²) in [5, 5.41) is 9.23. The highest BCUT2D eigenvalue weighted by atomic mass is 19.1. The summed E-state index contributed by atoms with van der Waals surface area (Å²) in [6, 6.07) is 19.6. The van der Waals surface area contributed by atoms with E-state index in [1.54, 1.807) is 13.0 Å². The van der Waals surface area contributed by atoms with Crippen LogP contribution in [-0.2, 0) is 22.6 Å². The summed E-state index contributed by atoms with van der Waals surface area (Å²) in [5.74, 6) is -0.105. The summed E-state index contributed by atoms with van der Waals surface area (Å²) in [6.07, 6.45) is 7.72. The fraction of sp³-hybridized carbons (Fsp3) is 0.344. The van der Waals surface area contributed by atoms with Crippen molar-refractivity contribution in [1.29, 1.82) is 0 Å². The molecule has 0 bridgehead atoms. The predicted octanol–water partition coefficient (Wildman–Crippen LogP) is 7.75. The molecule has 3 aromatic carbocycles. The lowest BCUT2D eigenvalue weighted by atomic mass is 9.83. The molecule has 36 heavy (non-hydrogen) atoms. The van der Waals surface area contributed by atoms with Crippen molar-refractivity contribution in [3.05, 3.63) is 95.3 Å². The molecule has 3 nitrogen and oxygen atoms in total. The van der Waals surface area contributed by atoms with Gasteiger partial charge in [0.05, 0.1) is 0 Å². The first kappa shape index (κ1) is 25.8. The summed E-state index contributed by atoms with van der Waals surface area (Å²) >= 11 is 0. The third-order valence-corrected chi connectivity index (χ3v) is 7.12. The Balaban J connectivity index is 1.56. The predicted molar refractivity (Wildman–Crippen MR) is 143 cm³/mol. The zero-order chi connectivity index (χ0) is 25.5. The van der Waals surface area contributed by atoms with Crippen molar-refractivity contribution in [2.75, 3.05) is 6.61 Å². The lowest BCUT2D eigenvalue weighted by Crippen LogP contribution is -2.07.